The molecule has 486 valence electrons. The highest BCUT2D eigenvalue weighted by molar-refractivity contribution is 7.85. The van der Waals surface area contributed by atoms with E-state index in [9.17, 15) is 78.0 Å². The number of hydrogen-bond acceptors (Lipinski definition) is 18. The van der Waals surface area contributed by atoms with Crippen LogP contribution in [0, 0.1) is 29.6 Å². The Balaban J connectivity index is 1.14. The molecule has 12 amide bonds. The molecule has 6 aliphatic rings. The van der Waals surface area contributed by atoms with Crippen molar-refractivity contribution in [3.05, 3.63) is 29.8 Å². The number of aliphatic hydroxyl groups is 3. The third kappa shape index (κ3) is 16.1. The van der Waals surface area contributed by atoms with Gasteiger partial charge in [0.15, 0.2) is 0 Å². The maximum atomic E-state index is 15.4. The molecule has 0 spiro atoms. The second-order valence-electron chi connectivity index (χ2n) is 24.1. The number of phenols is 1. The predicted molar refractivity (Wildman–Crippen MR) is 316 cm³/mol. The largest absolute Gasteiger partial charge is 0.506 e. The lowest BCUT2D eigenvalue weighted by atomic mass is 9.81. The number of aliphatic hydroxyl groups excluding tert-OH is 3. The number of anilines is 1. The standard InChI is InChI=1S/C58H81N13O17S/c1-4-28(2)47-55(85)62-22-43(77)63-38-27-89(88)57-35(34-9-10-40(74)50(49(34)68-57)69-17-14-30(15-18-69)13-16-60-51(81)32-7-5-31(6-8-32)24-71-45(79)11-12-46(71)80)20-36(52(82)61-23-44(78)66-47)64-56(86)48(29(3)41(75)26-72)67-54(84)39-19-33(73)25-70(39)58(87)37(21-42(59)76)65-53(38)83/h9-12,28-33,36-39,41,47-48,68,72-75H,4-8,13-27H2,1-3H3,(H2,59,76)(H,60,81)(H,61,82)(H,62,85)(H,63,77)(H,64,86)(H,65,83)(H,66,78)(H,67,84)/t28-,29+,31?,32?,33+,36+,37-,38+,39-,41+,47-,48-,89?/m0/s1. The third-order valence-corrected chi connectivity index (χ3v) is 19.5. The molecule has 0 radical (unpaired) electrons. The minimum atomic E-state index is -2.50. The lowest BCUT2D eigenvalue weighted by Crippen LogP contribution is -2.62. The van der Waals surface area contributed by atoms with E-state index in [0.29, 0.717) is 77.5 Å². The molecule has 2 bridgehead atoms. The molecule has 31 heteroatoms. The first-order valence-corrected chi connectivity index (χ1v) is 31.6. The zero-order chi connectivity index (χ0) is 64.5. The smallest absolute Gasteiger partial charge is 0.253 e. The van der Waals surface area contributed by atoms with Gasteiger partial charge >= 0.3 is 0 Å². The number of imide groups is 1. The average molecular weight is 1260 g/mol. The summed E-state index contributed by atoms with van der Waals surface area (Å²) in [6.45, 7) is 3.10. The highest BCUT2D eigenvalue weighted by Gasteiger charge is 2.45. The van der Waals surface area contributed by atoms with Crippen molar-refractivity contribution in [3.63, 3.8) is 0 Å². The number of aromatic hydroxyl groups is 1. The fraction of sp³-hybridized carbons (Fsp3) is 0.621. The maximum Gasteiger partial charge on any atom is 0.253 e. The zero-order valence-corrected chi connectivity index (χ0v) is 50.7. The average Bonchev–Trinajstić information content (AvgIpc) is 1.64. The van der Waals surface area contributed by atoms with Crippen molar-refractivity contribution in [1.29, 1.82) is 0 Å². The fourth-order valence-electron chi connectivity index (χ4n) is 12.5. The van der Waals surface area contributed by atoms with Gasteiger partial charge in [-0.1, -0.05) is 27.2 Å². The summed E-state index contributed by atoms with van der Waals surface area (Å²) in [5.41, 5.74) is 6.07. The number of nitrogens with zero attached hydrogens (tertiary/aromatic N) is 3. The molecule has 5 aliphatic heterocycles. The van der Waals surface area contributed by atoms with Crippen molar-refractivity contribution < 1.29 is 82.2 Å². The van der Waals surface area contributed by atoms with Gasteiger partial charge in [-0.3, -0.25) is 66.6 Å². The van der Waals surface area contributed by atoms with E-state index in [4.69, 9.17) is 5.73 Å². The SMILES string of the molecule is CC[C@H](C)[C@@H]1NC(=O)CNC(=O)[C@H]2Cc3c([nH]c4c(N5CCC(CCNC(=O)C6CCC(CN7C(=O)C=CC7=O)CC6)CC5)c(O)ccc34)S(=O)C[C@@H](NC(=O)CNC1=O)C(=O)N[C@@H](CC(N)=O)C(=O)N1C[C@H](O)C[C@H]1C(=O)N[C@@H]([C@H](C)[C@H](O)CO)C(=O)N2. The van der Waals surface area contributed by atoms with Gasteiger partial charge < -0.3 is 83.5 Å². The Bertz CT molecular complexity index is 3120. The molecule has 89 heavy (non-hydrogen) atoms. The van der Waals surface area contributed by atoms with E-state index in [1.54, 1.807) is 13.8 Å². The quantitative estimate of drug-likeness (QED) is 0.0793. The molecule has 11 atom stereocenters. The van der Waals surface area contributed by atoms with Crippen LogP contribution >= 0.6 is 0 Å². The molecule has 1 aromatic carbocycles. The number of amides is 12. The lowest BCUT2D eigenvalue weighted by Gasteiger charge is -2.34. The first-order valence-electron chi connectivity index (χ1n) is 30.3. The highest BCUT2D eigenvalue weighted by atomic mass is 32.2. The number of aromatic nitrogens is 1. The first kappa shape index (κ1) is 66.9. The summed E-state index contributed by atoms with van der Waals surface area (Å²) in [6.07, 6.45) is 2.35. The molecule has 2 aromatic rings. The van der Waals surface area contributed by atoms with Crippen LogP contribution in [0.5, 0.6) is 5.75 Å². The third-order valence-electron chi connectivity index (χ3n) is 18.0. The monoisotopic (exact) mass is 1260 g/mol. The van der Waals surface area contributed by atoms with Gasteiger partial charge in [-0.25, -0.2) is 0 Å². The Morgan fingerprint density at radius 2 is 1.45 bits per heavy atom. The van der Waals surface area contributed by atoms with Gasteiger partial charge in [0.25, 0.3) is 11.8 Å². The number of nitrogens with two attached hydrogens (primary N) is 1. The number of phenolic OH excluding ortho intramolecular Hbond substituents is 1. The van der Waals surface area contributed by atoms with Crippen LogP contribution in [0.1, 0.15) is 90.5 Å². The van der Waals surface area contributed by atoms with Crippen LogP contribution in [0.15, 0.2) is 29.3 Å². The van der Waals surface area contributed by atoms with Gasteiger partial charge in [-0.15, -0.1) is 0 Å². The van der Waals surface area contributed by atoms with Crippen LogP contribution in [-0.2, 0) is 74.8 Å². The molecule has 30 nitrogen and oxygen atoms in total. The van der Waals surface area contributed by atoms with Crippen LogP contribution in [0.3, 0.4) is 0 Å². The van der Waals surface area contributed by atoms with E-state index in [1.165, 1.54) is 36.1 Å². The summed E-state index contributed by atoms with van der Waals surface area (Å²) < 4.78 is 15.4. The predicted octanol–water partition coefficient (Wildman–Crippen LogP) is -4.47. The Kier molecular flexibility index (Phi) is 22.2. The zero-order valence-electron chi connectivity index (χ0n) is 49.9. The summed E-state index contributed by atoms with van der Waals surface area (Å²) in [7, 11) is -2.50. The van der Waals surface area contributed by atoms with Gasteiger partial charge in [0.1, 0.15) is 52.7 Å². The van der Waals surface area contributed by atoms with E-state index in [-0.39, 0.29) is 68.4 Å². The van der Waals surface area contributed by atoms with Crippen molar-refractivity contribution in [2.75, 3.05) is 63.1 Å². The minimum absolute atomic E-state index is 0.0518. The van der Waals surface area contributed by atoms with Crippen LogP contribution in [0.4, 0.5) is 5.69 Å². The van der Waals surface area contributed by atoms with Crippen molar-refractivity contribution in [1.82, 2.24) is 57.3 Å². The normalized spacial score (nSPS) is 28.5. The second kappa shape index (κ2) is 29.5. The highest BCUT2D eigenvalue weighted by Crippen LogP contribution is 2.41. The van der Waals surface area contributed by atoms with E-state index in [1.807, 2.05) is 4.90 Å². The van der Waals surface area contributed by atoms with Crippen LogP contribution < -0.4 is 53.2 Å². The summed E-state index contributed by atoms with van der Waals surface area (Å²) >= 11 is 0. The summed E-state index contributed by atoms with van der Waals surface area (Å²) in [5, 5.41) is 64.3. The number of H-pyrrole nitrogens is 1. The fourth-order valence-corrected chi connectivity index (χ4v) is 13.9. The van der Waals surface area contributed by atoms with Crippen molar-refractivity contribution in [3.8, 4) is 5.75 Å². The molecule has 1 saturated carbocycles. The number of aromatic amines is 1. The number of nitrogens with one attached hydrogen (secondary N) is 9. The van der Waals surface area contributed by atoms with Crippen LogP contribution in [0.2, 0.25) is 0 Å². The molecule has 1 aromatic heterocycles. The topological polar surface area (TPSA) is 451 Å². The number of piperidine rings is 1. The number of hydrogen-bond donors (Lipinski definition) is 14. The van der Waals surface area contributed by atoms with E-state index >= 15 is 4.21 Å². The second-order valence-corrected chi connectivity index (χ2v) is 25.6. The first-order chi connectivity index (χ1) is 42.3. The Hall–Kier alpha value is -8.03. The van der Waals surface area contributed by atoms with Crippen molar-refractivity contribution in [2.24, 2.45) is 35.3 Å². The van der Waals surface area contributed by atoms with Gasteiger partial charge in [0, 0.05) is 74.9 Å². The Morgan fingerprint density at radius 1 is 0.787 bits per heavy atom. The summed E-state index contributed by atoms with van der Waals surface area (Å²) in [5.74, 6) is -13.1. The Morgan fingerprint density at radius 3 is 2.10 bits per heavy atom. The molecule has 15 N–H and O–H groups in total. The number of rotatable bonds is 14. The number of primary amides is 1. The molecule has 1 aliphatic carbocycles. The maximum absolute atomic E-state index is 15.4. The Labute approximate surface area is 514 Å². The van der Waals surface area contributed by atoms with Gasteiger partial charge in [-0.05, 0) is 80.4 Å². The van der Waals surface area contributed by atoms with E-state index in [2.05, 4.69) is 47.5 Å². The molecule has 2 saturated heterocycles. The van der Waals surface area contributed by atoms with Gasteiger partial charge in [0.05, 0.1) is 60.4 Å². The summed E-state index contributed by atoms with van der Waals surface area (Å²) in [4.78, 5) is 172. The van der Waals surface area contributed by atoms with E-state index in [0.717, 1.165) is 4.90 Å². The number of carbonyl (C=O) groups is 12. The molecule has 3 fully saturated rings. The van der Waals surface area contributed by atoms with Crippen molar-refractivity contribution >= 4 is 98.3 Å². The van der Waals surface area contributed by atoms with Gasteiger partial charge in [-0.2, -0.15) is 0 Å². The molecular formula is C58H81N13O17S. The lowest BCUT2D eigenvalue weighted by molar-refractivity contribution is -0.144. The molecule has 1 unspecified atom stereocenters. The van der Waals surface area contributed by atoms with Crippen LogP contribution in [-0.4, -0.2) is 217 Å². The molecule has 8 rings (SSSR count). The number of benzene rings is 1. The molecular weight excluding hydrogens is 1180 g/mol. The minimum Gasteiger partial charge on any atom is -0.506 e. The van der Waals surface area contributed by atoms with Crippen LogP contribution in [0.25, 0.3) is 10.9 Å². The number of carbonyl (C=O) groups excluding carboxylic acids is 12. The number of fused-ring (bicyclic) bond motifs is 5. The van der Waals surface area contributed by atoms with E-state index < -0.39 is 176 Å². The van der Waals surface area contributed by atoms with Crippen molar-refractivity contribution in [2.45, 2.75) is 145 Å². The molecule has 6 heterocycles. The summed E-state index contributed by atoms with van der Waals surface area (Å²) in [6, 6.07) is -7.46. The van der Waals surface area contributed by atoms with Gasteiger partial charge in [0.2, 0.25) is 59.1 Å².